The number of nitrogens with two attached hydrogens (primary N) is 1. The summed E-state index contributed by atoms with van der Waals surface area (Å²) in [6, 6.07) is 0. The van der Waals surface area contributed by atoms with Crippen LogP contribution in [0, 0.1) is 58.2 Å². The van der Waals surface area contributed by atoms with E-state index in [4.69, 9.17) is 5.73 Å². The topological polar surface area (TPSA) is 26.0 Å². The van der Waals surface area contributed by atoms with Crippen LogP contribution in [0.1, 0.15) is 131 Å². The molecule has 0 spiro atoms. The Morgan fingerprint density at radius 1 is 0.781 bits per heavy atom. The maximum Gasteiger partial charge on any atom is -0.00773 e. The lowest BCUT2D eigenvalue weighted by Crippen LogP contribution is -2.53. The van der Waals surface area contributed by atoms with E-state index in [1.54, 1.807) is 38.5 Å². The molecule has 186 valence electrons. The van der Waals surface area contributed by atoms with E-state index in [0.29, 0.717) is 10.8 Å². The van der Waals surface area contributed by atoms with Crippen LogP contribution in [0.25, 0.3) is 0 Å². The van der Waals surface area contributed by atoms with Crippen molar-refractivity contribution in [1.82, 2.24) is 0 Å². The molecule has 0 amide bonds. The van der Waals surface area contributed by atoms with E-state index < -0.39 is 0 Å². The van der Waals surface area contributed by atoms with Gasteiger partial charge in [0, 0.05) is 0 Å². The van der Waals surface area contributed by atoms with Crippen LogP contribution in [-0.2, 0) is 0 Å². The number of hydrogen-bond donors (Lipinski definition) is 1. The quantitative estimate of drug-likeness (QED) is 0.354. The van der Waals surface area contributed by atoms with Crippen LogP contribution in [0.5, 0.6) is 0 Å². The third-order valence-corrected chi connectivity index (χ3v) is 12.0. The maximum absolute atomic E-state index is 5.76. The SMILES string of the molecule is CC(C)CCC[C@@H](C)C1CCC2C3CCC4CC(CCCCN)CCC4(C)C3CCC21C. The minimum Gasteiger partial charge on any atom is -0.330 e. The largest absolute Gasteiger partial charge is 0.330 e. The summed E-state index contributed by atoms with van der Waals surface area (Å²) in [5, 5.41) is 0. The van der Waals surface area contributed by atoms with Crippen LogP contribution in [0.15, 0.2) is 0 Å². The summed E-state index contributed by atoms with van der Waals surface area (Å²) in [5.74, 6) is 7.98. The van der Waals surface area contributed by atoms with Crippen molar-refractivity contribution >= 4 is 0 Å². The van der Waals surface area contributed by atoms with Gasteiger partial charge in [0.15, 0.2) is 0 Å². The Hall–Kier alpha value is -0.0400. The molecule has 4 aliphatic rings. The van der Waals surface area contributed by atoms with E-state index in [0.717, 1.165) is 53.9 Å². The third-order valence-electron chi connectivity index (χ3n) is 12.0. The zero-order valence-electron chi connectivity index (χ0n) is 22.5. The van der Waals surface area contributed by atoms with Gasteiger partial charge in [-0.15, -0.1) is 0 Å². The van der Waals surface area contributed by atoms with Gasteiger partial charge in [-0.2, -0.15) is 0 Å². The predicted octanol–water partition coefficient (Wildman–Crippen LogP) is 8.85. The van der Waals surface area contributed by atoms with Gasteiger partial charge in [0.05, 0.1) is 0 Å². The lowest BCUT2D eigenvalue weighted by Gasteiger charge is -2.61. The number of fused-ring (bicyclic) bond motifs is 5. The molecule has 0 aromatic carbocycles. The van der Waals surface area contributed by atoms with E-state index in [9.17, 15) is 0 Å². The van der Waals surface area contributed by atoms with Gasteiger partial charge >= 0.3 is 0 Å². The van der Waals surface area contributed by atoms with Gasteiger partial charge in [-0.05, 0) is 129 Å². The molecular formula is C31H57N. The van der Waals surface area contributed by atoms with Gasteiger partial charge in [-0.3, -0.25) is 0 Å². The molecule has 4 saturated carbocycles. The van der Waals surface area contributed by atoms with Crippen LogP contribution in [-0.4, -0.2) is 6.54 Å². The van der Waals surface area contributed by atoms with Crippen LogP contribution < -0.4 is 5.73 Å². The highest BCUT2D eigenvalue weighted by Gasteiger charge is 2.60. The summed E-state index contributed by atoms with van der Waals surface area (Å²) in [5.41, 5.74) is 7.08. The van der Waals surface area contributed by atoms with Crippen LogP contribution in [0.3, 0.4) is 0 Å². The first-order valence-corrected chi connectivity index (χ1v) is 15.0. The van der Waals surface area contributed by atoms with Crippen molar-refractivity contribution < 1.29 is 0 Å². The van der Waals surface area contributed by atoms with Gasteiger partial charge < -0.3 is 5.73 Å². The average Bonchev–Trinajstić information content (AvgIpc) is 3.11. The summed E-state index contributed by atoms with van der Waals surface area (Å²) in [4.78, 5) is 0. The zero-order chi connectivity index (χ0) is 22.9. The molecule has 8 unspecified atom stereocenters. The lowest BCUT2D eigenvalue weighted by molar-refractivity contribution is -0.121. The Morgan fingerprint density at radius 3 is 2.28 bits per heavy atom. The molecule has 1 nitrogen and oxygen atoms in total. The van der Waals surface area contributed by atoms with Crippen molar-refractivity contribution in [2.24, 2.45) is 63.9 Å². The van der Waals surface area contributed by atoms with Gasteiger partial charge in [0.2, 0.25) is 0 Å². The summed E-state index contributed by atoms with van der Waals surface area (Å²) in [6.45, 7) is 13.8. The molecule has 9 atom stereocenters. The normalized spacial score (nSPS) is 44.7. The smallest absolute Gasteiger partial charge is 0.00773 e. The highest BCUT2D eigenvalue weighted by atomic mass is 14.6. The first-order valence-electron chi connectivity index (χ1n) is 15.0. The van der Waals surface area contributed by atoms with Crippen LogP contribution in [0.4, 0.5) is 0 Å². The molecular weight excluding hydrogens is 386 g/mol. The molecule has 32 heavy (non-hydrogen) atoms. The molecule has 0 radical (unpaired) electrons. The van der Waals surface area contributed by atoms with Crippen LogP contribution in [0.2, 0.25) is 0 Å². The molecule has 0 heterocycles. The molecule has 0 aromatic rings. The predicted molar refractivity (Wildman–Crippen MR) is 139 cm³/mol. The first kappa shape index (κ1) is 25.1. The zero-order valence-corrected chi connectivity index (χ0v) is 22.5. The molecule has 4 aliphatic carbocycles. The second-order valence-electron chi connectivity index (χ2n) is 14.1. The highest BCUT2D eigenvalue weighted by molar-refractivity contribution is 5.09. The molecule has 4 rings (SSSR count). The van der Waals surface area contributed by atoms with Crippen LogP contribution >= 0.6 is 0 Å². The fraction of sp³-hybridized carbons (Fsp3) is 1.00. The van der Waals surface area contributed by atoms with Crippen molar-refractivity contribution in [2.75, 3.05) is 6.54 Å². The van der Waals surface area contributed by atoms with Gasteiger partial charge in [-0.1, -0.05) is 66.7 Å². The fourth-order valence-corrected chi connectivity index (χ4v) is 10.2. The van der Waals surface area contributed by atoms with Crippen molar-refractivity contribution in [1.29, 1.82) is 0 Å². The molecule has 4 fully saturated rings. The minimum atomic E-state index is 0.654. The first-order chi connectivity index (χ1) is 15.3. The Morgan fingerprint density at radius 2 is 1.53 bits per heavy atom. The summed E-state index contributed by atoms with van der Waals surface area (Å²) < 4.78 is 0. The second kappa shape index (κ2) is 10.3. The standard InChI is InChI=1S/C31H57N/c1-22(2)9-8-10-23(3)27-14-15-28-26-13-12-25-21-24(11-6-7-20-32)16-18-30(25,4)29(26)17-19-31(27,28)5/h22-29H,6-21,32H2,1-5H3/t23-,24?,25?,26?,27?,28?,29?,30?,31?/m1/s1. The Labute approximate surface area is 201 Å². The van der Waals surface area contributed by atoms with E-state index in [1.807, 2.05) is 0 Å². The maximum atomic E-state index is 5.76. The van der Waals surface area contributed by atoms with Crippen molar-refractivity contribution in [3.05, 3.63) is 0 Å². The number of unbranched alkanes of at least 4 members (excludes halogenated alkanes) is 1. The minimum absolute atomic E-state index is 0.654. The Bertz CT molecular complexity index is 597. The average molecular weight is 444 g/mol. The molecule has 0 saturated heterocycles. The van der Waals surface area contributed by atoms with E-state index in [1.165, 1.54) is 57.8 Å². The van der Waals surface area contributed by atoms with Crippen molar-refractivity contribution in [3.63, 3.8) is 0 Å². The number of rotatable bonds is 9. The van der Waals surface area contributed by atoms with Crippen molar-refractivity contribution in [3.8, 4) is 0 Å². The van der Waals surface area contributed by atoms with E-state index >= 15 is 0 Å². The summed E-state index contributed by atoms with van der Waals surface area (Å²) in [7, 11) is 0. The van der Waals surface area contributed by atoms with Crippen molar-refractivity contribution in [2.45, 2.75) is 131 Å². The fourth-order valence-electron chi connectivity index (χ4n) is 10.2. The lowest BCUT2D eigenvalue weighted by atomic mass is 9.44. The molecule has 0 bridgehead atoms. The Kier molecular flexibility index (Phi) is 8.06. The molecule has 1 heteroatoms. The number of hydrogen-bond acceptors (Lipinski definition) is 1. The van der Waals surface area contributed by atoms with Gasteiger partial charge in [0.1, 0.15) is 0 Å². The monoisotopic (exact) mass is 443 g/mol. The Balaban J connectivity index is 1.39. The van der Waals surface area contributed by atoms with Gasteiger partial charge in [-0.25, -0.2) is 0 Å². The summed E-state index contributed by atoms with van der Waals surface area (Å²) in [6.07, 6.45) is 22.3. The second-order valence-corrected chi connectivity index (χ2v) is 14.1. The molecule has 2 N–H and O–H groups in total. The highest BCUT2D eigenvalue weighted by Crippen LogP contribution is 2.68. The molecule has 0 aromatic heterocycles. The third kappa shape index (κ3) is 4.72. The summed E-state index contributed by atoms with van der Waals surface area (Å²) >= 11 is 0. The van der Waals surface area contributed by atoms with E-state index in [2.05, 4.69) is 34.6 Å². The van der Waals surface area contributed by atoms with E-state index in [-0.39, 0.29) is 0 Å². The van der Waals surface area contributed by atoms with Gasteiger partial charge in [0.25, 0.3) is 0 Å². The molecule has 0 aliphatic heterocycles.